The summed E-state index contributed by atoms with van der Waals surface area (Å²) in [6.45, 7) is 2.22. The first kappa shape index (κ1) is 14.2. The van der Waals surface area contributed by atoms with Gasteiger partial charge in [-0.2, -0.15) is 0 Å². The number of nitrogens with one attached hydrogen (secondary N) is 1. The van der Waals surface area contributed by atoms with Gasteiger partial charge in [0.15, 0.2) is 0 Å². The highest BCUT2D eigenvalue weighted by Crippen LogP contribution is 2.16. The zero-order chi connectivity index (χ0) is 14.5. The lowest BCUT2D eigenvalue weighted by Gasteiger charge is -2.09. The van der Waals surface area contributed by atoms with E-state index in [9.17, 15) is 9.18 Å². The molecule has 1 amide bonds. The van der Waals surface area contributed by atoms with E-state index in [1.54, 1.807) is 12.1 Å². The van der Waals surface area contributed by atoms with Crippen LogP contribution in [-0.2, 0) is 17.8 Å². The smallest absolute Gasteiger partial charge is 0.228 e. The summed E-state index contributed by atoms with van der Waals surface area (Å²) < 4.78 is 13.6. The van der Waals surface area contributed by atoms with Gasteiger partial charge in [0.2, 0.25) is 5.91 Å². The summed E-state index contributed by atoms with van der Waals surface area (Å²) in [4.78, 5) is 12.0. The van der Waals surface area contributed by atoms with Crippen molar-refractivity contribution < 1.29 is 9.18 Å². The molecular weight excluding hydrogens is 255 g/mol. The third-order valence-electron chi connectivity index (χ3n) is 3.09. The number of aryl methyl sites for hydroxylation is 1. The van der Waals surface area contributed by atoms with E-state index in [1.807, 2.05) is 31.2 Å². The highest BCUT2D eigenvalue weighted by atomic mass is 19.1. The molecule has 0 radical (unpaired) electrons. The Morgan fingerprint density at radius 3 is 2.60 bits per heavy atom. The second-order valence-electron chi connectivity index (χ2n) is 4.68. The molecule has 3 nitrogen and oxygen atoms in total. The molecule has 0 bridgehead atoms. The summed E-state index contributed by atoms with van der Waals surface area (Å²) >= 11 is 0. The number of halogens is 1. The molecule has 20 heavy (non-hydrogen) atoms. The van der Waals surface area contributed by atoms with Crippen LogP contribution in [0, 0.1) is 12.7 Å². The fraction of sp³-hybridized carbons (Fsp3) is 0.188. The van der Waals surface area contributed by atoms with E-state index in [0.29, 0.717) is 6.54 Å². The van der Waals surface area contributed by atoms with Crippen molar-refractivity contribution in [3.8, 4) is 0 Å². The molecule has 0 heterocycles. The van der Waals surface area contributed by atoms with E-state index in [2.05, 4.69) is 5.32 Å². The molecule has 0 unspecified atom stereocenters. The minimum atomic E-state index is -0.434. The van der Waals surface area contributed by atoms with Gasteiger partial charge in [-0.1, -0.05) is 30.3 Å². The summed E-state index contributed by atoms with van der Waals surface area (Å²) in [6, 6.07) is 12.1. The van der Waals surface area contributed by atoms with Gasteiger partial charge in [-0.15, -0.1) is 0 Å². The molecule has 0 saturated carbocycles. The number of carbonyl (C=O) groups is 1. The molecule has 3 N–H and O–H groups in total. The number of rotatable bonds is 4. The minimum Gasteiger partial charge on any atom is -0.326 e. The predicted octanol–water partition coefficient (Wildman–Crippen LogP) is 2.77. The van der Waals surface area contributed by atoms with E-state index in [1.165, 1.54) is 6.07 Å². The van der Waals surface area contributed by atoms with Crippen molar-refractivity contribution in [1.29, 1.82) is 0 Å². The number of nitrogens with two attached hydrogens (primary N) is 1. The largest absolute Gasteiger partial charge is 0.326 e. The van der Waals surface area contributed by atoms with E-state index in [0.717, 1.165) is 16.7 Å². The lowest BCUT2D eigenvalue weighted by molar-refractivity contribution is -0.115. The molecule has 0 aliphatic heterocycles. The summed E-state index contributed by atoms with van der Waals surface area (Å²) in [6.07, 6.45) is 0.181. The molecule has 0 atom stereocenters. The molecule has 0 aromatic heterocycles. The number of anilines is 1. The zero-order valence-electron chi connectivity index (χ0n) is 11.3. The predicted molar refractivity (Wildman–Crippen MR) is 77.8 cm³/mol. The molecule has 2 aromatic carbocycles. The van der Waals surface area contributed by atoms with Gasteiger partial charge < -0.3 is 11.1 Å². The maximum Gasteiger partial charge on any atom is 0.228 e. The highest BCUT2D eigenvalue weighted by Gasteiger charge is 2.10. The Morgan fingerprint density at radius 1 is 1.20 bits per heavy atom. The molecular formula is C16H17FN2O. The standard InChI is InChI=1S/C16H17FN2O/c1-11-6-7-14(17)15(8-11)19-16(20)9-12-4-2-3-5-13(12)10-18/h2-8H,9-10,18H2,1H3,(H,19,20). The van der Waals surface area contributed by atoms with Gasteiger partial charge in [-0.25, -0.2) is 4.39 Å². The Morgan fingerprint density at radius 2 is 1.90 bits per heavy atom. The van der Waals surface area contributed by atoms with Gasteiger partial charge in [0.05, 0.1) is 12.1 Å². The van der Waals surface area contributed by atoms with Crippen LogP contribution >= 0.6 is 0 Å². The van der Waals surface area contributed by atoms with Crippen LogP contribution in [0.3, 0.4) is 0 Å². The molecule has 104 valence electrons. The molecule has 0 aliphatic rings. The van der Waals surface area contributed by atoms with Crippen LogP contribution in [0.4, 0.5) is 10.1 Å². The zero-order valence-corrected chi connectivity index (χ0v) is 11.3. The quantitative estimate of drug-likeness (QED) is 0.899. The van der Waals surface area contributed by atoms with Gasteiger partial charge >= 0.3 is 0 Å². The number of benzene rings is 2. The third-order valence-corrected chi connectivity index (χ3v) is 3.09. The average Bonchev–Trinajstić information content (AvgIpc) is 2.43. The molecule has 0 aliphatic carbocycles. The minimum absolute atomic E-state index is 0.181. The number of amides is 1. The number of carbonyl (C=O) groups excluding carboxylic acids is 1. The monoisotopic (exact) mass is 272 g/mol. The maximum atomic E-state index is 13.6. The van der Waals surface area contributed by atoms with Gasteiger partial charge in [0, 0.05) is 6.54 Å². The second-order valence-corrected chi connectivity index (χ2v) is 4.68. The lowest BCUT2D eigenvalue weighted by atomic mass is 10.0. The molecule has 0 spiro atoms. The van der Waals surface area contributed by atoms with Gasteiger partial charge in [-0.3, -0.25) is 4.79 Å². The van der Waals surface area contributed by atoms with Crippen molar-refractivity contribution in [2.75, 3.05) is 5.32 Å². The molecule has 0 saturated heterocycles. The second kappa shape index (κ2) is 6.30. The van der Waals surface area contributed by atoms with E-state index < -0.39 is 5.82 Å². The average molecular weight is 272 g/mol. The third kappa shape index (κ3) is 3.42. The first-order valence-corrected chi connectivity index (χ1v) is 6.43. The molecule has 0 fully saturated rings. The Kier molecular flexibility index (Phi) is 4.48. The highest BCUT2D eigenvalue weighted by molar-refractivity contribution is 5.92. The molecule has 4 heteroatoms. The molecule has 2 rings (SSSR count). The normalized spacial score (nSPS) is 10.3. The van der Waals surface area contributed by atoms with Crippen LogP contribution in [0.2, 0.25) is 0 Å². The number of hydrogen-bond acceptors (Lipinski definition) is 2. The fourth-order valence-corrected chi connectivity index (χ4v) is 2.03. The van der Waals surface area contributed by atoms with E-state index >= 15 is 0 Å². The Hall–Kier alpha value is -2.20. The van der Waals surface area contributed by atoms with Gasteiger partial charge in [0.1, 0.15) is 5.82 Å². The summed E-state index contributed by atoms with van der Waals surface area (Å²) in [5, 5.41) is 2.60. The first-order chi connectivity index (χ1) is 9.60. The fourth-order valence-electron chi connectivity index (χ4n) is 2.03. The van der Waals surface area contributed by atoms with Crippen molar-refractivity contribution in [1.82, 2.24) is 0 Å². The Labute approximate surface area is 117 Å². The van der Waals surface area contributed by atoms with Crippen molar-refractivity contribution in [2.45, 2.75) is 19.9 Å². The first-order valence-electron chi connectivity index (χ1n) is 6.43. The molecule has 2 aromatic rings. The van der Waals surface area contributed by atoms with Crippen LogP contribution in [0.1, 0.15) is 16.7 Å². The van der Waals surface area contributed by atoms with Crippen LogP contribution in [0.25, 0.3) is 0 Å². The van der Waals surface area contributed by atoms with Crippen molar-refractivity contribution in [3.05, 3.63) is 65.0 Å². The maximum absolute atomic E-state index is 13.6. The van der Waals surface area contributed by atoms with Crippen molar-refractivity contribution >= 4 is 11.6 Å². The van der Waals surface area contributed by atoms with Crippen LogP contribution in [0.15, 0.2) is 42.5 Å². The van der Waals surface area contributed by atoms with Gasteiger partial charge in [0.25, 0.3) is 0 Å². The summed E-state index contributed by atoms with van der Waals surface area (Å²) in [5.74, 6) is -0.688. The SMILES string of the molecule is Cc1ccc(F)c(NC(=O)Cc2ccccc2CN)c1. The lowest BCUT2D eigenvalue weighted by Crippen LogP contribution is -2.17. The van der Waals surface area contributed by atoms with E-state index in [4.69, 9.17) is 5.73 Å². The van der Waals surface area contributed by atoms with Crippen LogP contribution < -0.4 is 11.1 Å². The summed E-state index contributed by atoms with van der Waals surface area (Å²) in [5.41, 5.74) is 8.52. The number of hydrogen-bond donors (Lipinski definition) is 2. The van der Waals surface area contributed by atoms with Crippen LogP contribution in [-0.4, -0.2) is 5.91 Å². The van der Waals surface area contributed by atoms with Crippen LogP contribution in [0.5, 0.6) is 0 Å². The Balaban J connectivity index is 2.11. The van der Waals surface area contributed by atoms with E-state index in [-0.39, 0.29) is 18.0 Å². The Bertz CT molecular complexity index is 626. The van der Waals surface area contributed by atoms with Crippen molar-refractivity contribution in [3.63, 3.8) is 0 Å². The van der Waals surface area contributed by atoms with Crippen molar-refractivity contribution in [2.24, 2.45) is 5.73 Å². The summed E-state index contributed by atoms with van der Waals surface area (Å²) in [7, 11) is 0. The topological polar surface area (TPSA) is 55.1 Å². The van der Waals surface area contributed by atoms with Gasteiger partial charge in [-0.05, 0) is 35.7 Å².